The monoisotopic (exact) mass is 244 g/mol. The highest BCUT2D eigenvalue weighted by Crippen LogP contribution is 2.04. The second-order valence-corrected chi connectivity index (χ2v) is 4.36. The first-order valence-electron chi connectivity index (χ1n) is 6.11. The number of rotatable bonds is 5. The normalized spacial score (nSPS) is 10.6. The SMILES string of the molecule is Cc1ccc(CNCCc2cccc(F)c2)cn1. The minimum absolute atomic E-state index is 0.171. The molecule has 0 aliphatic rings. The van der Waals surface area contributed by atoms with Crippen LogP contribution in [0.2, 0.25) is 0 Å². The fraction of sp³-hybridized carbons (Fsp3) is 0.267. The molecule has 1 heterocycles. The zero-order valence-corrected chi connectivity index (χ0v) is 10.5. The van der Waals surface area contributed by atoms with Gasteiger partial charge in [0.05, 0.1) is 0 Å². The summed E-state index contributed by atoms with van der Waals surface area (Å²) in [5, 5.41) is 3.33. The van der Waals surface area contributed by atoms with E-state index in [4.69, 9.17) is 0 Å². The van der Waals surface area contributed by atoms with Crippen molar-refractivity contribution in [2.75, 3.05) is 6.54 Å². The van der Waals surface area contributed by atoms with E-state index in [1.54, 1.807) is 12.1 Å². The molecule has 0 aliphatic carbocycles. The lowest BCUT2D eigenvalue weighted by molar-refractivity contribution is 0.622. The van der Waals surface area contributed by atoms with Crippen LogP contribution in [0.4, 0.5) is 4.39 Å². The Kier molecular flexibility index (Phi) is 4.42. The van der Waals surface area contributed by atoms with Gasteiger partial charge in [-0.2, -0.15) is 0 Å². The van der Waals surface area contributed by atoms with Crippen molar-refractivity contribution in [3.63, 3.8) is 0 Å². The molecule has 0 unspecified atom stereocenters. The van der Waals surface area contributed by atoms with Gasteiger partial charge in [0.25, 0.3) is 0 Å². The number of hydrogen-bond donors (Lipinski definition) is 1. The number of aromatic nitrogens is 1. The van der Waals surface area contributed by atoms with Crippen LogP contribution in [0, 0.1) is 12.7 Å². The molecule has 0 saturated heterocycles. The lowest BCUT2D eigenvalue weighted by Crippen LogP contribution is -2.16. The first-order valence-corrected chi connectivity index (χ1v) is 6.11. The van der Waals surface area contributed by atoms with Crippen molar-refractivity contribution in [3.8, 4) is 0 Å². The zero-order valence-electron chi connectivity index (χ0n) is 10.5. The Morgan fingerprint density at radius 3 is 2.78 bits per heavy atom. The summed E-state index contributed by atoms with van der Waals surface area (Å²) in [6.45, 7) is 3.60. The van der Waals surface area contributed by atoms with Crippen molar-refractivity contribution in [1.29, 1.82) is 0 Å². The molecule has 0 aliphatic heterocycles. The number of aryl methyl sites for hydroxylation is 1. The molecule has 3 heteroatoms. The molecule has 0 fully saturated rings. The van der Waals surface area contributed by atoms with Crippen molar-refractivity contribution in [3.05, 3.63) is 65.2 Å². The lowest BCUT2D eigenvalue weighted by atomic mass is 10.1. The Balaban J connectivity index is 1.74. The molecule has 18 heavy (non-hydrogen) atoms. The maximum atomic E-state index is 13.0. The summed E-state index contributed by atoms with van der Waals surface area (Å²) < 4.78 is 13.0. The first kappa shape index (κ1) is 12.7. The molecule has 0 radical (unpaired) electrons. The van der Waals surface area contributed by atoms with Crippen LogP contribution < -0.4 is 5.32 Å². The third-order valence-electron chi connectivity index (χ3n) is 2.78. The van der Waals surface area contributed by atoms with E-state index in [1.807, 2.05) is 25.3 Å². The second-order valence-electron chi connectivity index (χ2n) is 4.36. The van der Waals surface area contributed by atoms with Gasteiger partial charge in [-0.1, -0.05) is 18.2 Å². The molecular formula is C15H17FN2. The Bertz CT molecular complexity index is 494. The molecule has 0 amide bonds. The maximum Gasteiger partial charge on any atom is 0.123 e. The molecule has 2 aromatic rings. The van der Waals surface area contributed by atoms with E-state index >= 15 is 0 Å². The summed E-state index contributed by atoms with van der Waals surface area (Å²) >= 11 is 0. The number of pyridine rings is 1. The van der Waals surface area contributed by atoms with Crippen molar-refractivity contribution in [2.24, 2.45) is 0 Å². The minimum atomic E-state index is -0.171. The maximum absolute atomic E-state index is 13.0. The van der Waals surface area contributed by atoms with Gasteiger partial charge in [-0.25, -0.2) is 4.39 Å². The van der Waals surface area contributed by atoms with Gasteiger partial charge in [0.2, 0.25) is 0 Å². The average Bonchev–Trinajstić information content (AvgIpc) is 2.37. The van der Waals surface area contributed by atoms with Crippen molar-refractivity contribution in [1.82, 2.24) is 10.3 Å². The van der Waals surface area contributed by atoms with Gasteiger partial charge in [0.15, 0.2) is 0 Å². The Morgan fingerprint density at radius 1 is 1.17 bits per heavy atom. The number of nitrogens with zero attached hydrogens (tertiary/aromatic N) is 1. The summed E-state index contributed by atoms with van der Waals surface area (Å²) in [5.41, 5.74) is 3.21. The first-order chi connectivity index (χ1) is 8.74. The van der Waals surface area contributed by atoms with Crippen LogP contribution in [0.15, 0.2) is 42.6 Å². The van der Waals surface area contributed by atoms with Crippen molar-refractivity contribution >= 4 is 0 Å². The van der Waals surface area contributed by atoms with Gasteiger partial charge in [-0.15, -0.1) is 0 Å². The van der Waals surface area contributed by atoms with Crippen LogP contribution in [-0.4, -0.2) is 11.5 Å². The Labute approximate surface area is 107 Å². The van der Waals surface area contributed by atoms with Crippen LogP contribution >= 0.6 is 0 Å². The number of hydrogen-bond acceptors (Lipinski definition) is 2. The summed E-state index contributed by atoms with van der Waals surface area (Å²) in [4.78, 5) is 4.24. The molecule has 0 spiro atoms. The standard InChI is InChI=1S/C15H17FN2/c1-12-5-6-14(11-18-12)10-17-8-7-13-3-2-4-15(16)9-13/h2-6,9,11,17H,7-8,10H2,1H3. The summed E-state index contributed by atoms with van der Waals surface area (Å²) in [6, 6.07) is 10.8. The largest absolute Gasteiger partial charge is 0.312 e. The van der Waals surface area contributed by atoms with Crippen molar-refractivity contribution < 1.29 is 4.39 Å². The topological polar surface area (TPSA) is 24.9 Å². The van der Waals surface area contributed by atoms with Crippen LogP contribution in [0.3, 0.4) is 0 Å². The van der Waals surface area contributed by atoms with Gasteiger partial charge in [0, 0.05) is 18.4 Å². The summed E-state index contributed by atoms with van der Waals surface area (Å²) in [7, 11) is 0. The molecule has 94 valence electrons. The predicted octanol–water partition coefficient (Wildman–Crippen LogP) is 2.86. The van der Waals surface area contributed by atoms with E-state index in [0.717, 1.165) is 30.8 Å². The zero-order chi connectivity index (χ0) is 12.8. The quantitative estimate of drug-likeness (QED) is 0.818. The second kappa shape index (κ2) is 6.26. The fourth-order valence-electron chi connectivity index (χ4n) is 1.76. The molecule has 0 saturated carbocycles. The van der Waals surface area contributed by atoms with Crippen LogP contribution in [-0.2, 0) is 13.0 Å². The number of halogens is 1. The Hall–Kier alpha value is -1.74. The lowest BCUT2D eigenvalue weighted by Gasteiger charge is -2.05. The average molecular weight is 244 g/mol. The van der Waals surface area contributed by atoms with Crippen LogP contribution in [0.25, 0.3) is 0 Å². The molecule has 2 rings (SSSR count). The third kappa shape index (κ3) is 3.93. The highest BCUT2D eigenvalue weighted by atomic mass is 19.1. The summed E-state index contributed by atoms with van der Waals surface area (Å²) in [5.74, 6) is -0.171. The van der Waals surface area contributed by atoms with Gasteiger partial charge in [-0.3, -0.25) is 4.98 Å². The van der Waals surface area contributed by atoms with Crippen molar-refractivity contribution in [2.45, 2.75) is 19.9 Å². The van der Waals surface area contributed by atoms with Gasteiger partial charge in [0.1, 0.15) is 5.82 Å². The van der Waals surface area contributed by atoms with Crippen LogP contribution in [0.5, 0.6) is 0 Å². The molecule has 0 atom stereocenters. The molecule has 1 N–H and O–H groups in total. The van der Waals surface area contributed by atoms with E-state index < -0.39 is 0 Å². The Morgan fingerprint density at radius 2 is 2.06 bits per heavy atom. The van der Waals surface area contributed by atoms with E-state index in [-0.39, 0.29) is 5.82 Å². The van der Waals surface area contributed by atoms with E-state index in [0.29, 0.717) is 0 Å². The third-order valence-corrected chi connectivity index (χ3v) is 2.78. The smallest absolute Gasteiger partial charge is 0.123 e. The van der Waals surface area contributed by atoms with Gasteiger partial charge < -0.3 is 5.32 Å². The number of nitrogens with one attached hydrogen (secondary N) is 1. The number of benzene rings is 1. The van der Waals surface area contributed by atoms with Gasteiger partial charge in [-0.05, 0) is 49.2 Å². The highest BCUT2D eigenvalue weighted by molar-refractivity contribution is 5.17. The fourth-order valence-corrected chi connectivity index (χ4v) is 1.76. The summed E-state index contributed by atoms with van der Waals surface area (Å²) in [6.07, 6.45) is 2.71. The van der Waals surface area contributed by atoms with Crippen LogP contribution in [0.1, 0.15) is 16.8 Å². The molecule has 0 bridgehead atoms. The van der Waals surface area contributed by atoms with Gasteiger partial charge >= 0.3 is 0 Å². The highest BCUT2D eigenvalue weighted by Gasteiger charge is 1.96. The van der Waals surface area contributed by atoms with E-state index in [1.165, 1.54) is 11.6 Å². The van der Waals surface area contributed by atoms with E-state index in [9.17, 15) is 4.39 Å². The predicted molar refractivity (Wildman–Crippen MR) is 70.8 cm³/mol. The molecule has 1 aromatic heterocycles. The molecule has 2 nitrogen and oxygen atoms in total. The molecular weight excluding hydrogens is 227 g/mol. The minimum Gasteiger partial charge on any atom is -0.312 e. The molecule has 1 aromatic carbocycles. The van der Waals surface area contributed by atoms with E-state index in [2.05, 4.69) is 16.4 Å².